The van der Waals surface area contributed by atoms with Gasteiger partial charge in [-0.3, -0.25) is 9.59 Å². The summed E-state index contributed by atoms with van der Waals surface area (Å²) in [5.41, 5.74) is 1.22. The van der Waals surface area contributed by atoms with Crippen LogP contribution in [0, 0.1) is 0 Å². The maximum atomic E-state index is 12.3. The lowest BCUT2D eigenvalue weighted by Crippen LogP contribution is -2.30. The number of ketones is 1. The van der Waals surface area contributed by atoms with Crippen molar-refractivity contribution in [3.05, 3.63) is 59.7 Å². The first-order valence-electron chi connectivity index (χ1n) is 7.69. The molecule has 1 N–H and O–H groups in total. The Labute approximate surface area is 150 Å². The molecule has 0 bridgehead atoms. The zero-order valence-corrected chi connectivity index (χ0v) is 15.1. The Morgan fingerprint density at radius 1 is 1.00 bits per heavy atom. The van der Waals surface area contributed by atoms with Crippen molar-refractivity contribution in [2.24, 2.45) is 0 Å². The normalized spacial score (nSPS) is 11.5. The molecule has 130 valence electrons. The molecule has 2 aromatic carbocycles. The van der Waals surface area contributed by atoms with Crippen molar-refractivity contribution in [3.8, 4) is 0 Å². The average molecular weight is 357 g/mol. The second-order valence-corrected chi connectivity index (χ2v) is 6.19. The summed E-state index contributed by atoms with van der Waals surface area (Å²) in [7, 11) is 0. The smallest absolute Gasteiger partial charge is 0.340 e. The Morgan fingerprint density at radius 2 is 1.60 bits per heavy atom. The van der Waals surface area contributed by atoms with E-state index in [1.807, 2.05) is 18.4 Å². The molecule has 0 heterocycles. The van der Waals surface area contributed by atoms with Crippen LogP contribution >= 0.6 is 11.8 Å². The highest BCUT2D eigenvalue weighted by molar-refractivity contribution is 7.98. The highest BCUT2D eigenvalue weighted by atomic mass is 32.2. The van der Waals surface area contributed by atoms with Crippen LogP contribution in [0.3, 0.4) is 0 Å². The van der Waals surface area contributed by atoms with E-state index in [9.17, 15) is 14.4 Å². The number of benzene rings is 2. The van der Waals surface area contributed by atoms with E-state index in [1.54, 1.807) is 36.4 Å². The SMILES string of the molecule is CSc1ccccc1C(=O)O[C@H](C)C(=O)Nc1ccccc1C(C)=O. The van der Waals surface area contributed by atoms with Crippen LogP contribution < -0.4 is 5.32 Å². The van der Waals surface area contributed by atoms with Gasteiger partial charge in [0.2, 0.25) is 0 Å². The van der Waals surface area contributed by atoms with Crippen LogP contribution in [0.1, 0.15) is 34.6 Å². The average Bonchev–Trinajstić information content (AvgIpc) is 2.61. The van der Waals surface area contributed by atoms with Crippen molar-refractivity contribution >= 4 is 35.1 Å². The number of ether oxygens (including phenoxy) is 1. The molecule has 0 aliphatic heterocycles. The maximum absolute atomic E-state index is 12.3. The third-order valence-corrected chi connectivity index (χ3v) is 4.34. The summed E-state index contributed by atoms with van der Waals surface area (Å²) < 4.78 is 5.26. The molecule has 0 saturated heterocycles. The van der Waals surface area contributed by atoms with Gasteiger partial charge in [-0.15, -0.1) is 11.8 Å². The van der Waals surface area contributed by atoms with Gasteiger partial charge in [-0.1, -0.05) is 24.3 Å². The zero-order chi connectivity index (χ0) is 18.4. The minimum atomic E-state index is -0.998. The van der Waals surface area contributed by atoms with Crippen molar-refractivity contribution in [3.63, 3.8) is 0 Å². The van der Waals surface area contributed by atoms with Crippen LogP contribution in [-0.2, 0) is 9.53 Å². The Bertz CT molecular complexity index is 804. The van der Waals surface area contributed by atoms with E-state index in [2.05, 4.69) is 5.32 Å². The second-order valence-electron chi connectivity index (χ2n) is 5.34. The molecule has 5 nitrogen and oxygen atoms in total. The Hall–Kier alpha value is -2.60. The quantitative estimate of drug-likeness (QED) is 0.484. The topological polar surface area (TPSA) is 72.5 Å². The van der Waals surface area contributed by atoms with E-state index in [0.717, 1.165) is 4.90 Å². The van der Waals surface area contributed by atoms with Gasteiger partial charge in [-0.25, -0.2) is 4.79 Å². The van der Waals surface area contributed by atoms with Gasteiger partial charge in [0.25, 0.3) is 5.91 Å². The van der Waals surface area contributed by atoms with Gasteiger partial charge in [0, 0.05) is 10.5 Å². The first-order valence-corrected chi connectivity index (χ1v) is 8.91. The fraction of sp³-hybridized carbons (Fsp3) is 0.211. The summed E-state index contributed by atoms with van der Waals surface area (Å²) in [5, 5.41) is 2.63. The number of thioether (sulfide) groups is 1. The number of Topliss-reactive ketones (excluding diaryl/α,β-unsaturated/α-hetero) is 1. The molecule has 0 saturated carbocycles. The van der Waals surface area contributed by atoms with E-state index in [1.165, 1.54) is 25.6 Å². The minimum absolute atomic E-state index is 0.158. The van der Waals surface area contributed by atoms with E-state index in [-0.39, 0.29) is 5.78 Å². The van der Waals surface area contributed by atoms with Crippen molar-refractivity contribution < 1.29 is 19.1 Å². The highest BCUT2D eigenvalue weighted by Crippen LogP contribution is 2.21. The largest absolute Gasteiger partial charge is 0.449 e. The Morgan fingerprint density at radius 3 is 2.24 bits per heavy atom. The second kappa shape index (κ2) is 8.48. The van der Waals surface area contributed by atoms with Gasteiger partial charge in [-0.2, -0.15) is 0 Å². The lowest BCUT2D eigenvalue weighted by Gasteiger charge is -2.15. The fourth-order valence-electron chi connectivity index (χ4n) is 2.22. The van der Waals surface area contributed by atoms with Gasteiger partial charge < -0.3 is 10.1 Å². The van der Waals surface area contributed by atoms with E-state index in [0.29, 0.717) is 16.8 Å². The number of hydrogen-bond donors (Lipinski definition) is 1. The molecular formula is C19H19NO4S. The van der Waals surface area contributed by atoms with E-state index < -0.39 is 18.0 Å². The number of carbonyl (C=O) groups is 3. The number of anilines is 1. The van der Waals surface area contributed by atoms with Crippen molar-refractivity contribution in [1.82, 2.24) is 0 Å². The molecule has 0 radical (unpaired) electrons. The summed E-state index contributed by atoms with van der Waals surface area (Å²) in [4.78, 5) is 37.0. The summed E-state index contributed by atoms with van der Waals surface area (Å²) >= 11 is 1.43. The van der Waals surface area contributed by atoms with Crippen LogP contribution in [0.5, 0.6) is 0 Å². The molecule has 6 heteroatoms. The number of para-hydroxylation sites is 1. The maximum Gasteiger partial charge on any atom is 0.340 e. The van der Waals surface area contributed by atoms with E-state index in [4.69, 9.17) is 4.74 Å². The van der Waals surface area contributed by atoms with Gasteiger partial charge in [0.1, 0.15) is 0 Å². The third kappa shape index (κ3) is 4.70. The first-order chi connectivity index (χ1) is 11.9. The molecule has 0 aromatic heterocycles. The predicted octanol–water partition coefficient (Wildman–Crippen LogP) is 3.80. The molecule has 0 spiro atoms. The predicted molar refractivity (Wildman–Crippen MR) is 98.2 cm³/mol. The van der Waals surface area contributed by atoms with Gasteiger partial charge in [0.15, 0.2) is 11.9 Å². The van der Waals surface area contributed by atoms with E-state index >= 15 is 0 Å². The van der Waals surface area contributed by atoms with Crippen LogP contribution in [0.2, 0.25) is 0 Å². The standard InChI is InChI=1S/C19H19NO4S/c1-12(21)14-8-4-6-10-16(14)20-18(22)13(2)24-19(23)15-9-5-7-11-17(15)25-3/h4-11,13H,1-3H3,(H,20,22)/t13-/m1/s1. The summed E-state index contributed by atoms with van der Waals surface area (Å²) in [6.45, 7) is 2.92. The summed E-state index contributed by atoms with van der Waals surface area (Å²) in [6, 6.07) is 13.7. The van der Waals surface area contributed by atoms with Crippen molar-refractivity contribution in [2.45, 2.75) is 24.8 Å². The molecule has 0 fully saturated rings. The minimum Gasteiger partial charge on any atom is -0.449 e. The Kier molecular flexibility index (Phi) is 6.36. The summed E-state index contributed by atoms with van der Waals surface area (Å²) in [5.74, 6) is -1.22. The third-order valence-electron chi connectivity index (χ3n) is 3.54. The molecule has 1 atom stereocenters. The first kappa shape index (κ1) is 18.7. The van der Waals surface area contributed by atoms with Gasteiger partial charge in [0.05, 0.1) is 11.3 Å². The molecule has 0 aliphatic rings. The van der Waals surface area contributed by atoms with Crippen LogP contribution in [0.15, 0.2) is 53.4 Å². The monoisotopic (exact) mass is 357 g/mol. The van der Waals surface area contributed by atoms with Gasteiger partial charge in [-0.05, 0) is 44.4 Å². The number of hydrogen-bond acceptors (Lipinski definition) is 5. The molecule has 1 amide bonds. The van der Waals surface area contributed by atoms with Crippen LogP contribution in [0.4, 0.5) is 5.69 Å². The molecule has 2 rings (SSSR count). The lowest BCUT2D eigenvalue weighted by atomic mass is 10.1. The molecular weight excluding hydrogens is 338 g/mol. The number of rotatable bonds is 6. The van der Waals surface area contributed by atoms with Gasteiger partial charge >= 0.3 is 5.97 Å². The lowest BCUT2D eigenvalue weighted by molar-refractivity contribution is -0.123. The fourth-order valence-corrected chi connectivity index (χ4v) is 2.81. The van der Waals surface area contributed by atoms with Crippen LogP contribution in [-0.4, -0.2) is 30.0 Å². The molecule has 0 unspecified atom stereocenters. The highest BCUT2D eigenvalue weighted by Gasteiger charge is 2.21. The van der Waals surface area contributed by atoms with Crippen molar-refractivity contribution in [2.75, 3.05) is 11.6 Å². The van der Waals surface area contributed by atoms with Crippen LogP contribution in [0.25, 0.3) is 0 Å². The Balaban J connectivity index is 2.08. The number of amides is 1. The summed E-state index contributed by atoms with van der Waals surface area (Å²) in [6.07, 6.45) is 0.864. The molecule has 0 aliphatic carbocycles. The van der Waals surface area contributed by atoms with Crippen molar-refractivity contribution in [1.29, 1.82) is 0 Å². The number of carbonyl (C=O) groups excluding carboxylic acids is 3. The zero-order valence-electron chi connectivity index (χ0n) is 14.2. The number of esters is 1. The molecule has 2 aromatic rings. The number of nitrogens with one attached hydrogen (secondary N) is 1. The molecule has 25 heavy (non-hydrogen) atoms.